The smallest absolute Gasteiger partial charge is 0.195 e. The Morgan fingerprint density at radius 3 is 2.41 bits per heavy atom. The van der Waals surface area contributed by atoms with Crippen LogP contribution in [0.25, 0.3) is 0 Å². The van der Waals surface area contributed by atoms with Gasteiger partial charge in [0.05, 0.1) is 6.10 Å². The van der Waals surface area contributed by atoms with Gasteiger partial charge in [-0.3, -0.25) is 0 Å². The summed E-state index contributed by atoms with van der Waals surface area (Å²) < 4.78 is 12.9. The van der Waals surface area contributed by atoms with E-state index in [1.165, 1.54) is 0 Å². The number of carbonyl (C=O) groups excluding carboxylic acids is 1. The van der Waals surface area contributed by atoms with Gasteiger partial charge in [0.1, 0.15) is 6.29 Å². The largest absolute Gasteiger partial charge is 0.392 e. The van der Waals surface area contributed by atoms with Crippen LogP contribution in [0.4, 0.5) is 0 Å². The standard InChI is InChI=1S/C18H36O3Si/c1-9-15-12-16(13(2)10-11-19)17(20-14(15)3)21-22(7,8)18(4,5)6/h11,13-17H,9-10,12H2,1-8H3/t13-,14-,15-,16-,17+/m0/s1. The van der Waals surface area contributed by atoms with Gasteiger partial charge < -0.3 is 14.0 Å². The SMILES string of the molecule is CC[C@H]1C[C@@H]([C@@H](C)CC=O)[C@@H](O[Si](C)(C)C(C)(C)C)O[C@H]1C. The molecule has 130 valence electrons. The summed E-state index contributed by atoms with van der Waals surface area (Å²) in [4.78, 5) is 11.0. The van der Waals surface area contributed by atoms with Crippen LogP contribution in [0.3, 0.4) is 0 Å². The lowest BCUT2D eigenvalue weighted by Gasteiger charge is -2.47. The molecule has 1 saturated heterocycles. The fourth-order valence-electron chi connectivity index (χ4n) is 2.98. The molecular weight excluding hydrogens is 292 g/mol. The van der Waals surface area contributed by atoms with Crippen molar-refractivity contribution in [3.63, 3.8) is 0 Å². The Morgan fingerprint density at radius 2 is 1.95 bits per heavy atom. The molecule has 0 saturated carbocycles. The summed E-state index contributed by atoms with van der Waals surface area (Å²) in [6.07, 6.45) is 3.93. The first-order valence-corrected chi connectivity index (χ1v) is 11.7. The number of hydrogen-bond donors (Lipinski definition) is 0. The number of carbonyl (C=O) groups is 1. The highest BCUT2D eigenvalue weighted by atomic mass is 28.4. The molecule has 0 radical (unpaired) electrons. The summed E-state index contributed by atoms with van der Waals surface area (Å²) in [5, 5.41) is 0.166. The van der Waals surface area contributed by atoms with E-state index < -0.39 is 8.32 Å². The molecular formula is C18H36O3Si. The Bertz CT molecular complexity index is 362. The van der Waals surface area contributed by atoms with Crippen molar-refractivity contribution in [2.24, 2.45) is 17.8 Å². The molecule has 22 heavy (non-hydrogen) atoms. The van der Waals surface area contributed by atoms with Gasteiger partial charge in [-0.1, -0.05) is 41.0 Å². The molecule has 0 bridgehead atoms. The predicted molar refractivity (Wildman–Crippen MR) is 94.4 cm³/mol. The van der Waals surface area contributed by atoms with Crippen LogP contribution in [0, 0.1) is 17.8 Å². The highest BCUT2D eigenvalue weighted by Crippen LogP contribution is 2.43. The lowest BCUT2D eigenvalue weighted by Crippen LogP contribution is -2.51. The molecule has 0 unspecified atom stereocenters. The lowest BCUT2D eigenvalue weighted by atomic mass is 9.78. The van der Waals surface area contributed by atoms with Crippen molar-refractivity contribution in [1.82, 2.24) is 0 Å². The van der Waals surface area contributed by atoms with E-state index in [1.54, 1.807) is 0 Å². The second-order valence-electron chi connectivity index (χ2n) is 8.54. The molecule has 3 nitrogen and oxygen atoms in total. The zero-order valence-corrected chi connectivity index (χ0v) is 16.8. The van der Waals surface area contributed by atoms with Gasteiger partial charge in [-0.15, -0.1) is 0 Å². The third kappa shape index (κ3) is 4.65. The maximum absolute atomic E-state index is 11.0. The van der Waals surface area contributed by atoms with E-state index in [0.29, 0.717) is 24.2 Å². The lowest BCUT2D eigenvalue weighted by molar-refractivity contribution is -0.209. The molecule has 0 aliphatic carbocycles. The van der Waals surface area contributed by atoms with Gasteiger partial charge in [-0.25, -0.2) is 0 Å². The second-order valence-corrected chi connectivity index (χ2v) is 13.3. The first-order valence-electron chi connectivity index (χ1n) is 8.80. The van der Waals surface area contributed by atoms with Gasteiger partial charge in [0.25, 0.3) is 0 Å². The molecule has 1 rings (SSSR count). The van der Waals surface area contributed by atoms with Crippen molar-refractivity contribution in [1.29, 1.82) is 0 Å². The van der Waals surface area contributed by atoms with Gasteiger partial charge in [0.2, 0.25) is 0 Å². The number of aldehydes is 1. The van der Waals surface area contributed by atoms with Crippen molar-refractivity contribution >= 4 is 14.6 Å². The normalized spacial score (nSPS) is 31.8. The summed E-state index contributed by atoms with van der Waals surface area (Å²) in [6, 6.07) is 0. The third-order valence-electron chi connectivity index (χ3n) is 5.88. The highest BCUT2D eigenvalue weighted by Gasteiger charge is 2.45. The minimum absolute atomic E-state index is 0.159. The van der Waals surface area contributed by atoms with Gasteiger partial charge >= 0.3 is 0 Å². The van der Waals surface area contributed by atoms with Gasteiger partial charge in [-0.2, -0.15) is 0 Å². The molecule has 4 heteroatoms. The van der Waals surface area contributed by atoms with Crippen LogP contribution in [-0.4, -0.2) is 27.0 Å². The molecule has 0 aromatic rings. The summed E-state index contributed by atoms with van der Waals surface area (Å²) in [5.74, 6) is 1.20. The van der Waals surface area contributed by atoms with E-state index in [-0.39, 0.29) is 17.4 Å². The molecule has 1 heterocycles. The summed E-state index contributed by atoms with van der Waals surface area (Å²) >= 11 is 0. The molecule has 1 fully saturated rings. The van der Waals surface area contributed by atoms with Gasteiger partial charge in [0, 0.05) is 12.3 Å². The average Bonchev–Trinajstić information content (AvgIpc) is 2.37. The van der Waals surface area contributed by atoms with Crippen LogP contribution in [0.5, 0.6) is 0 Å². The third-order valence-corrected chi connectivity index (χ3v) is 10.3. The number of rotatable bonds is 6. The van der Waals surface area contributed by atoms with Crippen molar-refractivity contribution in [2.45, 2.75) is 91.3 Å². The number of ether oxygens (including phenoxy) is 1. The van der Waals surface area contributed by atoms with E-state index in [0.717, 1.165) is 19.1 Å². The fraction of sp³-hybridized carbons (Fsp3) is 0.944. The molecule has 0 aromatic carbocycles. The van der Waals surface area contributed by atoms with Crippen LogP contribution in [0.1, 0.15) is 60.8 Å². The highest BCUT2D eigenvalue weighted by molar-refractivity contribution is 6.74. The minimum atomic E-state index is -1.88. The monoisotopic (exact) mass is 328 g/mol. The van der Waals surface area contributed by atoms with Crippen molar-refractivity contribution < 1.29 is 14.0 Å². The Balaban J connectivity index is 2.94. The zero-order chi connectivity index (χ0) is 17.1. The summed E-state index contributed by atoms with van der Waals surface area (Å²) in [7, 11) is -1.88. The zero-order valence-electron chi connectivity index (χ0n) is 15.8. The van der Waals surface area contributed by atoms with E-state index in [2.05, 4.69) is 54.6 Å². The Kier molecular flexibility index (Phi) is 6.84. The van der Waals surface area contributed by atoms with Crippen LogP contribution >= 0.6 is 0 Å². The first-order chi connectivity index (χ1) is 10.0. The van der Waals surface area contributed by atoms with E-state index in [4.69, 9.17) is 9.16 Å². The predicted octanol–water partition coefficient (Wildman–Crippen LogP) is 5.01. The topological polar surface area (TPSA) is 35.5 Å². The van der Waals surface area contributed by atoms with E-state index in [1.807, 2.05) is 0 Å². The van der Waals surface area contributed by atoms with Crippen molar-refractivity contribution in [3.05, 3.63) is 0 Å². The maximum Gasteiger partial charge on any atom is 0.195 e. The quantitative estimate of drug-likeness (QED) is 0.508. The Morgan fingerprint density at radius 1 is 1.36 bits per heavy atom. The van der Waals surface area contributed by atoms with E-state index >= 15 is 0 Å². The molecule has 0 amide bonds. The molecule has 0 N–H and O–H groups in total. The molecule has 5 atom stereocenters. The fourth-order valence-corrected chi connectivity index (χ4v) is 4.15. The minimum Gasteiger partial charge on any atom is -0.392 e. The van der Waals surface area contributed by atoms with Crippen molar-refractivity contribution in [3.8, 4) is 0 Å². The second kappa shape index (κ2) is 7.58. The van der Waals surface area contributed by atoms with Crippen LogP contribution in [0.15, 0.2) is 0 Å². The first kappa shape index (κ1) is 19.9. The Hall–Kier alpha value is -0.193. The van der Waals surface area contributed by atoms with E-state index in [9.17, 15) is 4.79 Å². The molecule has 0 aromatic heterocycles. The van der Waals surface area contributed by atoms with Gasteiger partial charge in [0.15, 0.2) is 14.6 Å². The molecule has 0 spiro atoms. The Labute approximate surface area is 138 Å². The van der Waals surface area contributed by atoms with Gasteiger partial charge in [-0.05, 0) is 43.3 Å². The molecule has 1 aliphatic heterocycles. The average molecular weight is 329 g/mol. The summed E-state index contributed by atoms with van der Waals surface area (Å²) in [6.45, 7) is 17.9. The van der Waals surface area contributed by atoms with Crippen LogP contribution in [-0.2, 0) is 14.0 Å². The molecule has 1 aliphatic rings. The van der Waals surface area contributed by atoms with Crippen molar-refractivity contribution in [2.75, 3.05) is 0 Å². The maximum atomic E-state index is 11.0. The number of hydrogen-bond acceptors (Lipinski definition) is 3. The van der Waals surface area contributed by atoms with Crippen LogP contribution in [0.2, 0.25) is 18.1 Å². The van der Waals surface area contributed by atoms with Crippen LogP contribution < -0.4 is 0 Å². The summed E-state index contributed by atoms with van der Waals surface area (Å²) in [5.41, 5.74) is 0.